The van der Waals surface area contributed by atoms with Crippen LogP contribution in [-0.4, -0.2) is 29.1 Å². The maximum atomic E-state index is 2.74. The van der Waals surface area contributed by atoms with Crippen molar-refractivity contribution in [3.8, 4) is 0 Å². The Morgan fingerprint density at radius 1 is 0.250 bits per heavy atom. The lowest BCUT2D eigenvalue weighted by Gasteiger charge is -2.33. The van der Waals surface area contributed by atoms with E-state index in [4.69, 9.17) is 0 Å². The molecule has 0 spiro atoms. The van der Waals surface area contributed by atoms with Gasteiger partial charge in [0.1, 0.15) is 6.17 Å². The van der Waals surface area contributed by atoms with E-state index in [1.165, 1.54) is 283 Å². The highest BCUT2D eigenvalue weighted by molar-refractivity contribution is 4.97. The number of unbranched alkanes of at least 4 members (excludes halogenated alkanes) is 38. The number of hydrogen-bond acceptors (Lipinski definition) is 2. The Morgan fingerprint density at radius 3 is 0.673 bits per heavy atom. The smallest absolute Gasteiger partial charge is 0.101 e. The average molecular weight is 729 g/mol. The summed E-state index contributed by atoms with van der Waals surface area (Å²) >= 11 is 0. The molecule has 2 heteroatoms. The van der Waals surface area contributed by atoms with Crippen molar-refractivity contribution in [3.63, 3.8) is 0 Å². The standard InChI is InChI=1S/C50H100N2/c1-4-7-10-13-16-19-21-23-25-26-28-30-32-35-38-41-44-47-52-49-48-51(50(52)45-42-39-36-33-18-15-12-9-6-3)46-43-40-37-34-31-29-27-24-22-20-17-14-11-8-5-2/h48-50H,4-47H2,1-3H3. The van der Waals surface area contributed by atoms with Crippen molar-refractivity contribution in [3.05, 3.63) is 12.4 Å². The maximum Gasteiger partial charge on any atom is 0.101 e. The Balaban J connectivity index is 2.15. The summed E-state index contributed by atoms with van der Waals surface area (Å²) in [6.07, 6.45) is 66.4. The van der Waals surface area contributed by atoms with Gasteiger partial charge in [0.15, 0.2) is 0 Å². The largest absolute Gasteiger partial charge is 0.356 e. The van der Waals surface area contributed by atoms with Gasteiger partial charge in [0, 0.05) is 25.5 Å². The second-order valence-electron chi connectivity index (χ2n) is 17.5. The molecule has 310 valence electrons. The van der Waals surface area contributed by atoms with Crippen molar-refractivity contribution in [2.75, 3.05) is 13.1 Å². The third-order valence-electron chi connectivity index (χ3n) is 12.3. The first-order valence-corrected chi connectivity index (χ1v) is 25.0. The van der Waals surface area contributed by atoms with Gasteiger partial charge in [-0.25, -0.2) is 0 Å². The summed E-state index contributed by atoms with van der Waals surface area (Å²) in [6.45, 7) is 9.50. The van der Waals surface area contributed by atoms with E-state index in [0.29, 0.717) is 6.17 Å². The summed E-state index contributed by atoms with van der Waals surface area (Å²) in [5, 5.41) is 0. The first kappa shape index (κ1) is 49.4. The molecule has 1 atom stereocenters. The second-order valence-corrected chi connectivity index (χ2v) is 17.5. The van der Waals surface area contributed by atoms with Gasteiger partial charge < -0.3 is 9.80 Å². The van der Waals surface area contributed by atoms with Crippen LogP contribution in [0.25, 0.3) is 0 Å². The third kappa shape index (κ3) is 32.7. The molecule has 1 aliphatic rings. The average Bonchev–Trinajstić information content (AvgIpc) is 3.54. The van der Waals surface area contributed by atoms with Gasteiger partial charge >= 0.3 is 0 Å². The lowest BCUT2D eigenvalue weighted by Crippen LogP contribution is -2.39. The third-order valence-corrected chi connectivity index (χ3v) is 12.3. The van der Waals surface area contributed by atoms with Gasteiger partial charge in [-0.15, -0.1) is 0 Å². The molecule has 2 nitrogen and oxygen atoms in total. The highest BCUT2D eigenvalue weighted by Crippen LogP contribution is 2.24. The van der Waals surface area contributed by atoms with Gasteiger partial charge in [0.05, 0.1) is 0 Å². The van der Waals surface area contributed by atoms with E-state index < -0.39 is 0 Å². The second kappa shape index (κ2) is 41.5. The molecule has 0 amide bonds. The zero-order valence-corrected chi connectivity index (χ0v) is 36.7. The van der Waals surface area contributed by atoms with Gasteiger partial charge in [-0.05, 0) is 25.7 Å². The van der Waals surface area contributed by atoms with E-state index in [1.54, 1.807) is 0 Å². The lowest BCUT2D eigenvalue weighted by atomic mass is 10.0. The molecule has 0 saturated heterocycles. The summed E-state index contributed by atoms with van der Waals surface area (Å²) in [5.74, 6) is 0. The molecule has 0 bridgehead atoms. The molecule has 52 heavy (non-hydrogen) atoms. The van der Waals surface area contributed by atoms with E-state index in [2.05, 4.69) is 43.0 Å². The van der Waals surface area contributed by atoms with E-state index in [-0.39, 0.29) is 0 Å². The van der Waals surface area contributed by atoms with Crippen LogP contribution < -0.4 is 0 Å². The predicted octanol–water partition coefficient (Wildman–Crippen LogP) is 17.8. The SMILES string of the molecule is CCCCCCCCCCCCCCCCCCCN1C=CN(CCCCCCCCCCCCCCCCC)C1CCCCCCCCCCC. The molecule has 0 aromatic heterocycles. The van der Waals surface area contributed by atoms with E-state index in [1.807, 2.05) is 0 Å². The molecule has 1 unspecified atom stereocenters. The van der Waals surface area contributed by atoms with E-state index in [0.717, 1.165) is 0 Å². The summed E-state index contributed by atoms with van der Waals surface area (Å²) < 4.78 is 0. The molecular formula is C50H100N2. The molecule has 1 aliphatic heterocycles. The number of nitrogens with zero attached hydrogens (tertiary/aromatic N) is 2. The van der Waals surface area contributed by atoms with Crippen molar-refractivity contribution in [1.82, 2.24) is 9.80 Å². The Morgan fingerprint density at radius 2 is 0.442 bits per heavy atom. The fourth-order valence-corrected chi connectivity index (χ4v) is 8.66. The monoisotopic (exact) mass is 729 g/mol. The van der Waals surface area contributed by atoms with Gasteiger partial charge in [0.2, 0.25) is 0 Å². The minimum Gasteiger partial charge on any atom is -0.356 e. The van der Waals surface area contributed by atoms with Crippen LogP contribution in [-0.2, 0) is 0 Å². The number of hydrogen-bond donors (Lipinski definition) is 0. The Labute approximate surface area is 330 Å². The molecule has 0 N–H and O–H groups in total. The lowest BCUT2D eigenvalue weighted by molar-refractivity contribution is 0.135. The van der Waals surface area contributed by atoms with Gasteiger partial charge in [-0.3, -0.25) is 0 Å². The van der Waals surface area contributed by atoms with Crippen molar-refractivity contribution in [2.24, 2.45) is 0 Å². The zero-order chi connectivity index (χ0) is 37.3. The molecule has 0 fully saturated rings. The van der Waals surface area contributed by atoms with Gasteiger partial charge in [-0.2, -0.15) is 0 Å². The van der Waals surface area contributed by atoms with Crippen LogP contribution in [0.5, 0.6) is 0 Å². The minimum atomic E-state index is 0.636. The van der Waals surface area contributed by atoms with Crippen LogP contribution in [0.15, 0.2) is 12.4 Å². The molecule has 0 aromatic carbocycles. The molecule has 1 rings (SSSR count). The fourth-order valence-electron chi connectivity index (χ4n) is 8.66. The van der Waals surface area contributed by atoms with E-state index >= 15 is 0 Å². The maximum absolute atomic E-state index is 2.74. The summed E-state index contributed by atoms with van der Waals surface area (Å²) in [5.41, 5.74) is 0. The topological polar surface area (TPSA) is 6.48 Å². The summed E-state index contributed by atoms with van der Waals surface area (Å²) in [4.78, 5) is 5.47. The van der Waals surface area contributed by atoms with Crippen LogP contribution in [0.3, 0.4) is 0 Å². The van der Waals surface area contributed by atoms with Crippen LogP contribution in [0.4, 0.5) is 0 Å². The Hall–Kier alpha value is -0.660. The van der Waals surface area contributed by atoms with Gasteiger partial charge in [-0.1, -0.05) is 265 Å². The van der Waals surface area contributed by atoms with Gasteiger partial charge in [0.25, 0.3) is 0 Å². The van der Waals surface area contributed by atoms with Crippen LogP contribution in [0.2, 0.25) is 0 Å². The summed E-state index contributed by atoms with van der Waals surface area (Å²) in [7, 11) is 0. The first-order chi connectivity index (χ1) is 25.8. The first-order valence-electron chi connectivity index (χ1n) is 25.0. The quantitative estimate of drug-likeness (QED) is 0.0576. The van der Waals surface area contributed by atoms with Crippen molar-refractivity contribution in [2.45, 2.75) is 297 Å². The van der Waals surface area contributed by atoms with Crippen LogP contribution in [0.1, 0.15) is 290 Å². The molecule has 0 saturated carbocycles. The fraction of sp³-hybridized carbons (Fsp3) is 0.960. The highest BCUT2D eigenvalue weighted by atomic mass is 15.4. The molecule has 0 aromatic rings. The van der Waals surface area contributed by atoms with Crippen molar-refractivity contribution in [1.29, 1.82) is 0 Å². The minimum absolute atomic E-state index is 0.636. The Bertz CT molecular complexity index is 688. The van der Waals surface area contributed by atoms with Crippen molar-refractivity contribution >= 4 is 0 Å². The van der Waals surface area contributed by atoms with E-state index in [9.17, 15) is 0 Å². The Kier molecular flexibility index (Phi) is 39.4. The summed E-state index contributed by atoms with van der Waals surface area (Å²) in [6, 6.07) is 0. The predicted molar refractivity (Wildman–Crippen MR) is 237 cm³/mol. The molecule has 0 radical (unpaired) electrons. The van der Waals surface area contributed by atoms with Crippen LogP contribution in [0, 0.1) is 0 Å². The molecule has 1 heterocycles. The zero-order valence-electron chi connectivity index (χ0n) is 36.7. The normalized spacial score (nSPS) is 14.4. The van der Waals surface area contributed by atoms with Crippen LogP contribution >= 0.6 is 0 Å². The molecular weight excluding hydrogens is 629 g/mol. The number of rotatable bonds is 44. The van der Waals surface area contributed by atoms with Crippen molar-refractivity contribution < 1.29 is 0 Å². The highest BCUT2D eigenvalue weighted by Gasteiger charge is 2.24. The molecule has 0 aliphatic carbocycles.